The summed E-state index contributed by atoms with van der Waals surface area (Å²) in [6, 6.07) is 6.57. The van der Waals surface area contributed by atoms with Gasteiger partial charge in [0.2, 0.25) is 17.7 Å². The number of rotatable bonds is 19. The summed E-state index contributed by atoms with van der Waals surface area (Å²) in [4.78, 5) is 59.9. The molecule has 1 aromatic rings. The average molecular weight is 682 g/mol. The minimum absolute atomic E-state index is 0.0650. The van der Waals surface area contributed by atoms with Crippen LogP contribution in [0.2, 0.25) is 0 Å². The number of benzene rings is 1. The Labute approximate surface area is 291 Å². The van der Waals surface area contributed by atoms with Crippen molar-refractivity contribution in [2.75, 3.05) is 26.9 Å². The van der Waals surface area contributed by atoms with E-state index < -0.39 is 53.7 Å². The van der Waals surface area contributed by atoms with Crippen LogP contribution in [0.1, 0.15) is 77.9 Å². The Bertz CT molecular complexity index is 1340. The molecule has 4 rings (SSSR count). The molecule has 1 unspecified atom stereocenters. The number of ether oxygens (including phenoxy) is 3. The molecule has 9 atom stereocenters. The summed E-state index contributed by atoms with van der Waals surface area (Å²) in [5, 5.41) is 13.5. The normalized spacial score (nSPS) is 26.5. The van der Waals surface area contributed by atoms with Gasteiger partial charge >= 0.3 is 5.97 Å². The number of aliphatic hydroxyl groups excluding tert-OH is 1. The molecular formula is C38H55N3O8. The first-order chi connectivity index (χ1) is 23.5. The number of carbonyl (C=O) groups is 4. The molecule has 0 saturated carbocycles. The molecule has 2 N–H and O–H groups in total. The molecule has 3 aliphatic heterocycles. The van der Waals surface area contributed by atoms with Gasteiger partial charge in [-0.05, 0) is 44.1 Å². The Balaban J connectivity index is 1.74. The van der Waals surface area contributed by atoms with Crippen LogP contribution in [0.15, 0.2) is 55.6 Å². The Kier molecular flexibility index (Phi) is 13.2. The van der Waals surface area contributed by atoms with Crippen LogP contribution in [0.5, 0.6) is 0 Å². The number of likely N-dealkylation sites (tertiary alicyclic amines) is 1. The fourth-order valence-corrected chi connectivity index (χ4v) is 8.10. The van der Waals surface area contributed by atoms with Crippen molar-refractivity contribution in [2.45, 2.75) is 108 Å². The molecule has 0 aromatic heterocycles. The van der Waals surface area contributed by atoms with E-state index in [1.54, 1.807) is 17.1 Å². The molecule has 3 aliphatic rings. The molecule has 2 bridgehead atoms. The number of nitrogens with one attached hydrogen (secondary N) is 1. The van der Waals surface area contributed by atoms with Crippen molar-refractivity contribution in [3.05, 3.63) is 61.2 Å². The maximum atomic E-state index is 14.7. The number of nitrogens with zero attached hydrogens (tertiary/aromatic N) is 2. The topological polar surface area (TPSA) is 135 Å². The summed E-state index contributed by atoms with van der Waals surface area (Å²) in [6.07, 6.45) is 4.97. The number of hydrogen-bond donors (Lipinski definition) is 2. The zero-order valence-corrected chi connectivity index (χ0v) is 29.7. The van der Waals surface area contributed by atoms with Gasteiger partial charge in [0.15, 0.2) is 0 Å². The van der Waals surface area contributed by atoms with Crippen molar-refractivity contribution in [1.82, 2.24) is 15.1 Å². The molecule has 270 valence electrons. The predicted molar refractivity (Wildman–Crippen MR) is 185 cm³/mol. The Hall–Kier alpha value is -3.54. The Morgan fingerprint density at radius 2 is 1.90 bits per heavy atom. The minimum atomic E-state index is -1.26. The molecule has 11 nitrogen and oxygen atoms in total. The third-order valence-electron chi connectivity index (χ3n) is 10.4. The smallest absolute Gasteiger partial charge is 0.313 e. The first kappa shape index (κ1) is 38.3. The lowest BCUT2D eigenvalue weighted by atomic mass is 9.70. The molecular weight excluding hydrogens is 626 g/mol. The standard InChI is InChI=1S/C38H55N3O8/c1-8-11-18-30(43)39-27(23-47-7)33(26-16-13-12-14-17-26)48-37(46)31-29-19-20-38(49-29)32(31)35(44)41(28(22-42)24(4)5)34(38)36(45)40(21-10-3)25(6)15-9-2/h8,10,12-14,16-17,24-25,27-29,31-34,42H,1,3,9,11,15,18-23H2,2,4-7H3,(H,39,43)/t25?,27-,28+,29-,31+,32+,33-,34-,38+/m1/s1. The summed E-state index contributed by atoms with van der Waals surface area (Å²) >= 11 is 0. The number of allylic oxidation sites excluding steroid dienone is 1. The highest BCUT2D eigenvalue weighted by Gasteiger charge is 2.76. The van der Waals surface area contributed by atoms with Gasteiger partial charge in [-0.15, -0.1) is 13.2 Å². The maximum absolute atomic E-state index is 14.7. The van der Waals surface area contributed by atoms with Gasteiger partial charge in [0.1, 0.15) is 17.7 Å². The first-order valence-corrected chi connectivity index (χ1v) is 17.7. The molecule has 0 aliphatic carbocycles. The van der Waals surface area contributed by atoms with Gasteiger partial charge in [-0.1, -0.05) is 69.7 Å². The van der Waals surface area contributed by atoms with Crippen molar-refractivity contribution in [3.63, 3.8) is 0 Å². The number of esters is 1. The fourth-order valence-electron chi connectivity index (χ4n) is 8.10. The Morgan fingerprint density at radius 1 is 1.18 bits per heavy atom. The number of methoxy groups -OCH3 is 1. The van der Waals surface area contributed by atoms with Crippen LogP contribution >= 0.6 is 0 Å². The summed E-state index contributed by atoms with van der Waals surface area (Å²) in [5.74, 6) is -3.68. The second kappa shape index (κ2) is 16.9. The lowest BCUT2D eigenvalue weighted by Crippen LogP contribution is -2.60. The fraction of sp³-hybridized carbons (Fsp3) is 0.632. The highest BCUT2D eigenvalue weighted by atomic mass is 16.6. The van der Waals surface area contributed by atoms with Crippen LogP contribution in [-0.2, 0) is 33.4 Å². The van der Waals surface area contributed by atoms with Gasteiger partial charge in [0.05, 0.1) is 43.2 Å². The Morgan fingerprint density at radius 3 is 2.49 bits per heavy atom. The number of carbonyl (C=O) groups excluding carboxylic acids is 4. The summed E-state index contributed by atoms with van der Waals surface area (Å²) in [7, 11) is 1.51. The second-order valence-corrected chi connectivity index (χ2v) is 13.9. The van der Waals surface area contributed by atoms with E-state index in [-0.39, 0.29) is 55.9 Å². The first-order valence-electron chi connectivity index (χ1n) is 17.7. The van der Waals surface area contributed by atoms with E-state index in [1.807, 2.05) is 51.1 Å². The van der Waals surface area contributed by atoms with Crippen LogP contribution in [-0.4, -0.2) is 101 Å². The number of aliphatic hydroxyl groups is 1. The van der Waals surface area contributed by atoms with Crippen LogP contribution in [0, 0.1) is 17.8 Å². The van der Waals surface area contributed by atoms with Gasteiger partial charge in [0.25, 0.3) is 0 Å². The molecule has 0 radical (unpaired) electrons. The van der Waals surface area contributed by atoms with Crippen LogP contribution < -0.4 is 5.32 Å². The van der Waals surface area contributed by atoms with E-state index >= 15 is 0 Å². The SMILES string of the molecule is C=CCCC(=O)N[C@H](COC)[C@H](OC(=O)[C@@H]1[C@H]2C(=O)N([C@@H](CO)C(C)C)[C@H](C(=O)N(CC=C)C(C)CCC)[C@]23CC[C@H]1O3)c1ccccc1. The van der Waals surface area contributed by atoms with E-state index in [0.29, 0.717) is 24.8 Å². The average Bonchev–Trinajstić information content (AvgIpc) is 3.73. The minimum Gasteiger partial charge on any atom is -0.455 e. The molecule has 3 heterocycles. The zero-order valence-electron chi connectivity index (χ0n) is 29.7. The third kappa shape index (κ3) is 7.64. The van der Waals surface area contributed by atoms with Gasteiger partial charge in [-0.3, -0.25) is 19.2 Å². The van der Waals surface area contributed by atoms with Crippen LogP contribution in [0.3, 0.4) is 0 Å². The predicted octanol–water partition coefficient (Wildman–Crippen LogP) is 3.96. The van der Waals surface area contributed by atoms with E-state index in [2.05, 4.69) is 25.4 Å². The molecule has 11 heteroatoms. The molecule has 49 heavy (non-hydrogen) atoms. The number of amides is 3. The highest BCUT2D eigenvalue weighted by molar-refractivity contribution is 5.98. The largest absolute Gasteiger partial charge is 0.455 e. The second-order valence-electron chi connectivity index (χ2n) is 13.9. The van der Waals surface area contributed by atoms with Crippen LogP contribution in [0.4, 0.5) is 0 Å². The van der Waals surface area contributed by atoms with Gasteiger partial charge < -0.3 is 34.4 Å². The van der Waals surface area contributed by atoms with Gasteiger partial charge in [-0.25, -0.2) is 0 Å². The van der Waals surface area contributed by atoms with Gasteiger partial charge in [-0.2, -0.15) is 0 Å². The number of hydrogen-bond acceptors (Lipinski definition) is 8. The lowest BCUT2D eigenvalue weighted by Gasteiger charge is -2.41. The quantitative estimate of drug-likeness (QED) is 0.166. The lowest BCUT2D eigenvalue weighted by molar-refractivity contribution is -0.164. The zero-order chi connectivity index (χ0) is 35.9. The molecule has 1 spiro atoms. The number of fused-ring (bicyclic) bond motifs is 1. The van der Waals surface area contributed by atoms with Crippen molar-refractivity contribution in [3.8, 4) is 0 Å². The van der Waals surface area contributed by atoms with Crippen molar-refractivity contribution in [2.24, 2.45) is 17.8 Å². The maximum Gasteiger partial charge on any atom is 0.313 e. The molecule has 1 aromatic carbocycles. The monoisotopic (exact) mass is 681 g/mol. The third-order valence-corrected chi connectivity index (χ3v) is 10.4. The summed E-state index contributed by atoms with van der Waals surface area (Å²) in [6.45, 7) is 15.4. The van der Waals surface area contributed by atoms with E-state index in [4.69, 9.17) is 14.2 Å². The summed E-state index contributed by atoms with van der Waals surface area (Å²) < 4.78 is 18.4. The summed E-state index contributed by atoms with van der Waals surface area (Å²) in [5.41, 5.74) is -0.609. The van der Waals surface area contributed by atoms with Gasteiger partial charge in [0, 0.05) is 26.1 Å². The van der Waals surface area contributed by atoms with Crippen LogP contribution in [0.25, 0.3) is 0 Å². The van der Waals surface area contributed by atoms with Crippen molar-refractivity contribution < 1.29 is 38.5 Å². The van der Waals surface area contributed by atoms with Crippen molar-refractivity contribution >= 4 is 23.7 Å². The highest BCUT2D eigenvalue weighted by Crippen LogP contribution is 2.59. The van der Waals surface area contributed by atoms with E-state index in [9.17, 15) is 24.3 Å². The molecule has 3 fully saturated rings. The molecule has 3 amide bonds. The molecule has 3 saturated heterocycles. The van der Waals surface area contributed by atoms with E-state index in [0.717, 1.165) is 12.8 Å². The van der Waals surface area contributed by atoms with Crippen molar-refractivity contribution in [1.29, 1.82) is 0 Å². The van der Waals surface area contributed by atoms with E-state index in [1.165, 1.54) is 12.0 Å².